The average Bonchev–Trinajstić information content (AvgIpc) is 3.32. The summed E-state index contributed by atoms with van der Waals surface area (Å²) in [6, 6.07) is 11.4. The summed E-state index contributed by atoms with van der Waals surface area (Å²) in [4.78, 5) is 12.5. The van der Waals surface area contributed by atoms with Gasteiger partial charge in [-0.15, -0.1) is 0 Å². The van der Waals surface area contributed by atoms with Crippen LogP contribution in [0, 0.1) is 27.7 Å². The van der Waals surface area contributed by atoms with Crippen molar-refractivity contribution in [3.8, 4) is 16.9 Å². The molecular formula is C22H22N4O5S. The van der Waals surface area contributed by atoms with Gasteiger partial charge in [0, 0.05) is 11.6 Å². The molecule has 4 aromatic rings. The van der Waals surface area contributed by atoms with Crippen LogP contribution in [0.1, 0.15) is 28.5 Å². The number of benzene rings is 1. The van der Waals surface area contributed by atoms with E-state index >= 15 is 0 Å². The van der Waals surface area contributed by atoms with E-state index in [2.05, 4.69) is 15.0 Å². The SMILES string of the molecule is Cc1ccc(CNS(=O)(=O)c2cc(-c3ccc(=O)n(-c4c(C)noc4C)n3)ccc2C)o1. The first-order valence-electron chi connectivity index (χ1n) is 9.85. The van der Waals surface area contributed by atoms with Gasteiger partial charge >= 0.3 is 0 Å². The molecule has 1 N–H and O–H groups in total. The van der Waals surface area contributed by atoms with E-state index < -0.39 is 10.0 Å². The lowest BCUT2D eigenvalue weighted by Crippen LogP contribution is -2.24. The van der Waals surface area contributed by atoms with Gasteiger partial charge < -0.3 is 8.94 Å². The van der Waals surface area contributed by atoms with Crippen LogP contribution in [0.15, 0.2) is 61.1 Å². The lowest BCUT2D eigenvalue weighted by molar-refractivity contribution is 0.392. The minimum absolute atomic E-state index is 0.0367. The molecule has 4 rings (SSSR count). The van der Waals surface area contributed by atoms with Crippen molar-refractivity contribution in [3.63, 3.8) is 0 Å². The third kappa shape index (κ3) is 4.14. The van der Waals surface area contributed by atoms with Crippen LogP contribution in [-0.2, 0) is 16.6 Å². The number of furan rings is 1. The molecule has 1 aromatic carbocycles. The smallest absolute Gasteiger partial charge is 0.271 e. The van der Waals surface area contributed by atoms with Gasteiger partial charge in [0.25, 0.3) is 5.56 Å². The number of hydrogen-bond acceptors (Lipinski definition) is 7. The molecule has 0 aliphatic heterocycles. The van der Waals surface area contributed by atoms with E-state index in [-0.39, 0.29) is 17.0 Å². The summed E-state index contributed by atoms with van der Waals surface area (Å²) >= 11 is 0. The predicted molar refractivity (Wildman–Crippen MR) is 117 cm³/mol. The van der Waals surface area contributed by atoms with Crippen molar-refractivity contribution in [2.75, 3.05) is 0 Å². The van der Waals surface area contributed by atoms with Crippen LogP contribution in [0.5, 0.6) is 0 Å². The Morgan fingerprint density at radius 1 is 1.03 bits per heavy atom. The van der Waals surface area contributed by atoms with Gasteiger partial charge in [-0.3, -0.25) is 4.79 Å². The highest BCUT2D eigenvalue weighted by molar-refractivity contribution is 7.89. The van der Waals surface area contributed by atoms with Gasteiger partial charge in [0.1, 0.15) is 22.9 Å². The maximum atomic E-state index is 13.0. The fraction of sp³-hybridized carbons (Fsp3) is 0.227. The number of hydrogen-bond donors (Lipinski definition) is 1. The van der Waals surface area contributed by atoms with Crippen molar-refractivity contribution in [1.29, 1.82) is 0 Å². The third-order valence-electron chi connectivity index (χ3n) is 5.01. The molecule has 0 aliphatic carbocycles. The Kier molecular flexibility index (Phi) is 5.57. The normalized spacial score (nSPS) is 11.8. The molecule has 0 saturated carbocycles. The van der Waals surface area contributed by atoms with E-state index in [0.717, 1.165) is 0 Å². The van der Waals surface area contributed by atoms with Gasteiger partial charge in [-0.25, -0.2) is 13.1 Å². The maximum Gasteiger partial charge on any atom is 0.271 e. The Morgan fingerprint density at radius 3 is 2.47 bits per heavy atom. The molecule has 0 radical (unpaired) electrons. The maximum absolute atomic E-state index is 13.0. The standard InChI is InChI=1S/C22H22N4O5S/c1-13-5-7-17(11-20(13)32(28,29)23-12-18-8-6-14(2)30-18)19-9-10-21(27)26(24-19)22-15(3)25-31-16(22)4/h5-11,23H,12H2,1-4H3. The predicted octanol–water partition coefficient (Wildman–Crippen LogP) is 3.19. The zero-order chi connectivity index (χ0) is 23.0. The van der Waals surface area contributed by atoms with E-state index in [1.54, 1.807) is 58.0 Å². The first-order valence-corrected chi connectivity index (χ1v) is 11.3. The number of sulfonamides is 1. The lowest BCUT2D eigenvalue weighted by Gasteiger charge is -2.11. The molecule has 9 nitrogen and oxygen atoms in total. The van der Waals surface area contributed by atoms with Crippen molar-refractivity contribution in [2.45, 2.75) is 39.1 Å². The number of nitrogens with one attached hydrogen (secondary N) is 1. The zero-order valence-corrected chi connectivity index (χ0v) is 18.9. The van der Waals surface area contributed by atoms with Crippen LogP contribution in [0.3, 0.4) is 0 Å². The van der Waals surface area contributed by atoms with Crippen LogP contribution >= 0.6 is 0 Å². The van der Waals surface area contributed by atoms with Crippen LogP contribution in [-0.4, -0.2) is 23.4 Å². The molecule has 0 amide bonds. The number of nitrogens with zero attached hydrogens (tertiary/aromatic N) is 3. The molecule has 0 fully saturated rings. The molecule has 0 unspecified atom stereocenters. The Hall–Kier alpha value is -3.50. The van der Waals surface area contributed by atoms with E-state index in [4.69, 9.17) is 8.94 Å². The lowest BCUT2D eigenvalue weighted by atomic mass is 10.1. The van der Waals surface area contributed by atoms with Gasteiger partial charge in [-0.05, 0) is 57.5 Å². The Morgan fingerprint density at radius 2 is 1.81 bits per heavy atom. The molecule has 0 saturated heterocycles. The molecule has 0 bridgehead atoms. The first kappa shape index (κ1) is 21.7. The molecule has 3 heterocycles. The Bertz CT molecular complexity index is 1440. The highest BCUT2D eigenvalue weighted by Crippen LogP contribution is 2.24. The average molecular weight is 455 g/mol. The third-order valence-corrected chi connectivity index (χ3v) is 6.56. The molecule has 3 aromatic heterocycles. The molecule has 0 atom stereocenters. The zero-order valence-electron chi connectivity index (χ0n) is 18.0. The minimum Gasteiger partial charge on any atom is -0.465 e. The monoisotopic (exact) mass is 454 g/mol. The topological polar surface area (TPSA) is 120 Å². The molecule has 166 valence electrons. The fourth-order valence-electron chi connectivity index (χ4n) is 3.38. The van der Waals surface area contributed by atoms with Gasteiger partial charge in [0.05, 0.1) is 17.1 Å². The molecule has 0 spiro atoms. The van der Waals surface area contributed by atoms with Crippen LogP contribution in [0.4, 0.5) is 0 Å². The molecule has 32 heavy (non-hydrogen) atoms. The quantitative estimate of drug-likeness (QED) is 0.475. The summed E-state index contributed by atoms with van der Waals surface area (Å²) in [6.45, 7) is 6.96. The molecular weight excluding hydrogens is 432 g/mol. The highest BCUT2D eigenvalue weighted by atomic mass is 32.2. The second-order valence-corrected chi connectivity index (χ2v) is 9.19. The summed E-state index contributed by atoms with van der Waals surface area (Å²) in [5, 5.41) is 8.30. The summed E-state index contributed by atoms with van der Waals surface area (Å²) in [5.41, 5.74) is 2.20. The van der Waals surface area contributed by atoms with Crippen molar-refractivity contribution >= 4 is 10.0 Å². The van der Waals surface area contributed by atoms with Crippen LogP contribution < -0.4 is 10.3 Å². The minimum atomic E-state index is -3.82. The van der Waals surface area contributed by atoms with E-state index in [1.807, 2.05) is 0 Å². The second-order valence-electron chi connectivity index (χ2n) is 7.46. The van der Waals surface area contributed by atoms with Crippen LogP contribution in [0.2, 0.25) is 0 Å². The first-order chi connectivity index (χ1) is 15.2. The van der Waals surface area contributed by atoms with Crippen molar-refractivity contribution in [1.82, 2.24) is 19.7 Å². The summed E-state index contributed by atoms with van der Waals surface area (Å²) in [5.74, 6) is 1.68. The van der Waals surface area contributed by atoms with E-state index in [1.165, 1.54) is 16.8 Å². The summed E-state index contributed by atoms with van der Waals surface area (Å²) in [7, 11) is -3.82. The molecule has 10 heteroatoms. The Labute approximate surface area is 184 Å². The second kappa shape index (κ2) is 8.21. The van der Waals surface area contributed by atoms with Gasteiger partial charge in [0.15, 0.2) is 5.76 Å². The van der Waals surface area contributed by atoms with Gasteiger partial charge in [0.2, 0.25) is 10.0 Å². The molecule has 0 aliphatic rings. The van der Waals surface area contributed by atoms with Gasteiger partial charge in [-0.1, -0.05) is 17.3 Å². The van der Waals surface area contributed by atoms with E-state index in [9.17, 15) is 13.2 Å². The highest BCUT2D eigenvalue weighted by Gasteiger charge is 2.20. The van der Waals surface area contributed by atoms with E-state index in [0.29, 0.717) is 45.5 Å². The number of aromatic nitrogens is 3. The number of rotatable bonds is 6. The van der Waals surface area contributed by atoms with Crippen molar-refractivity contribution in [2.24, 2.45) is 0 Å². The van der Waals surface area contributed by atoms with Crippen molar-refractivity contribution < 1.29 is 17.4 Å². The van der Waals surface area contributed by atoms with Gasteiger partial charge in [-0.2, -0.15) is 9.78 Å². The van der Waals surface area contributed by atoms with Crippen molar-refractivity contribution in [3.05, 3.63) is 81.4 Å². The summed E-state index contributed by atoms with van der Waals surface area (Å²) < 4.78 is 40.3. The largest absolute Gasteiger partial charge is 0.465 e. The fourth-order valence-corrected chi connectivity index (χ4v) is 4.64. The van der Waals surface area contributed by atoms with Crippen LogP contribution in [0.25, 0.3) is 16.9 Å². The number of aryl methyl sites for hydroxylation is 4. The summed E-state index contributed by atoms with van der Waals surface area (Å²) in [6.07, 6.45) is 0. The Balaban J connectivity index is 1.71.